The first kappa shape index (κ1) is 23.7. The monoisotopic (exact) mass is 482 g/mol. The van der Waals surface area contributed by atoms with Crippen molar-refractivity contribution in [3.8, 4) is 29.1 Å². The van der Waals surface area contributed by atoms with Crippen molar-refractivity contribution in [3.05, 3.63) is 114 Å². The summed E-state index contributed by atoms with van der Waals surface area (Å²) < 4.78 is 39.9. The molecular formula is C27H16F2N4O3. The summed E-state index contributed by atoms with van der Waals surface area (Å²) in [4.78, 5) is 15.8. The maximum atomic E-state index is 14.3. The first-order chi connectivity index (χ1) is 17.4. The maximum Gasteiger partial charge on any atom is 0.323 e. The van der Waals surface area contributed by atoms with Crippen LogP contribution in [0.1, 0.15) is 5.56 Å². The van der Waals surface area contributed by atoms with E-state index in [-0.39, 0.29) is 22.9 Å². The molecule has 0 bridgehead atoms. The number of benzene rings is 4. The molecule has 0 aliphatic rings. The standard InChI is InChI=1S/C27H16F2N4O3/c1-31-18-4-8-20(9-5-18)36-22-11-13-24(29)26(15-22)33-27(34)32-25-14-21(10-12-23(25)28)35-19-6-2-17(16-30)3-7-19/h2-15H,(H2,32,33,34). The fourth-order valence-corrected chi connectivity index (χ4v) is 3.06. The summed E-state index contributed by atoms with van der Waals surface area (Å²) in [6.45, 7) is 6.98. The summed E-state index contributed by atoms with van der Waals surface area (Å²) in [5.74, 6) is -0.130. The molecule has 0 fully saturated rings. The largest absolute Gasteiger partial charge is 0.457 e. The Morgan fingerprint density at radius 1 is 0.750 bits per heavy atom. The lowest BCUT2D eigenvalue weighted by atomic mass is 10.2. The van der Waals surface area contributed by atoms with E-state index in [0.717, 1.165) is 12.1 Å². The molecule has 2 amide bonds. The van der Waals surface area contributed by atoms with Crippen molar-refractivity contribution in [1.29, 1.82) is 5.26 Å². The third-order valence-electron chi connectivity index (χ3n) is 4.79. The Morgan fingerprint density at radius 3 is 1.64 bits per heavy atom. The van der Waals surface area contributed by atoms with Crippen molar-refractivity contribution in [2.24, 2.45) is 0 Å². The van der Waals surface area contributed by atoms with Gasteiger partial charge in [0.25, 0.3) is 0 Å². The average Bonchev–Trinajstić information content (AvgIpc) is 2.89. The zero-order chi connectivity index (χ0) is 25.5. The van der Waals surface area contributed by atoms with Crippen molar-refractivity contribution in [3.63, 3.8) is 0 Å². The minimum absolute atomic E-state index is 0.187. The fraction of sp³-hybridized carbons (Fsp3) is 0. The number of anilines is 2. The molecule has 7 nitrogen and oxygen atoms in total. The Morgan fingerprint density at radius 2 is 1.19 bits per heavy atom. The molecule has 0 heterocycles. The van der Waals surface area contributed by atoms with E-state index < -0.39 is 17.7 Å². The van der Waals surface area contributed by atoms with E-state index in [1.807, 2.05) is 6.07 Å². The molecule has 0 radical (unpaired) electrons. The molecule has 176 valence electrons. The molecule has 36 heavy (non-hydrogen) atoms. The number of hydrogen-bond acceptors (Lipinski definition) is 4. The van der Waals surface area contributed by atoms with Crippen molar-refractivity contribution < 1.29 is 23.0 Å². The lowest BCUT2D eigenvalue weighted by molar-refractivity contribution is 0.262. The summed E-state index contributed by atoms with van der Waals surface area (Å²) in [5, 5.41) is 13.5. The van der Waals surface area contributed by atoms with Crippen LogP contribution in [0.25, 0.3) is 4.85 Å². The summed E-state index contributed by atoms with van der Waals surface area (Å²) in [7, 11) is 0. The number of nitriles is 1. The van der Waals surface area contributed by atoms with E-state index in [1.165, 1.54) is 24.3 Å². The zero-order valence-corrected chi connectivity index (χ0v) is 18.5. The van der Waals surface area contributed by atoms with Crippen molar-refractivity contribution in [2.45, 2.75) is 0 Å². The van der Waals surface area contributed by atoms with Crippen molar-refractivity contribution >= 4 is 23.1 Å². The van der Waals surface area contributed by atoms with Gasteiger partial charge < -0.3 is 20.1 Å². The molecular weight excluding hydrogens is 466 g/mol. The van der Waals surface area contributed by atoms with Gasteiger partial charge in [0.05, 0.1) is 29.6 Å². The van der Waals surface area contributed by atoms with Gasteiger partial charge in [-0.15, -0.1) is 0 Å². The molecule has 9 heteroatoms. The number of nitrogens with zero attached hydrogens (tertiary/aromatic N) is 2. The number of carbonyl (C=O) groups excluding carboxylic acids is 1. The lowest BCUT2D eigenvalue weighted by Crippen LogP contribution is -2.20. The van der Waals surface area contributed by atoms with Crippen molar-refractivity contribution in [2.75, 3.05) is 10.6 Å². The van der Waals surface area contributed by atoms with Crippen LogP contribution in [0.4, 0.5) is 30.6 Å². The molecule has 4 aromatic carbocycles. The molecule has 4 rings (SSSR count). The summed E-state index contributed by atoms with van der Waals surface area (Å²) in [6.07, 6.45) is 0. The van der Waals surface area contributed by atoms with Gasteiger partial charge in [-0.25, -0.2) is 18.4 Å². The van der Waals surface area contributed by atoms with Gasteiger partial charge in [0.15, 0.2) is 5.69 Å². The highest BCUT2D eigenvalue weighted by Gasteiger charge is 2.13. The summed E-state index contributed by atoms with van der Waals surface area (Å²) >= 11 is 0. The van der Waals surface area contributed by atoms with Gasteiger partial charge in [-0.05, 0) is 60.7 Å². The number of urea groups is 1. The Labute approximate surface area is 205 Å². The van der Waals surface area contributed by atoms with Crippen LogP contribution in [0.5, 0.6) is 23.0 Å². The van der Waals surface area contributed by atoms with Crippen LogP contribution in [0, 0.1) is 29.5 Å². The van der Waals surface area contributed by atoms with E-state index in [9.17, 15) is 13.6 Å². The second-order valence-corrected chi connectivity index (χ2v) is 7.31. The van der Waals surface area contributed by atoms with E-state index in [2.05, 4.69) is 15.5 Å². The molecule has 0 aliphatic carbocycles. The molecule has 2 N–H and O–H groups in total. The van der Waals surface area contributed by atoms with Crippen LogP contribution in [0.3, 0.4) is 0 Å². The second kappa shape index (κ2) is 10.7. The fourth-order valence-electron chi connectivity index (χ4n) is 3.06. The number of nitrogens with one attached hydrogen (secondary N) is 2. The number of rotatable bonds is 6. The van der Waals surface area contributed by atoms with Crippen LogP contribution >= 0.6 is 0 Å². The molecule has 0 atom stereocenters. The Bertz CT molecular complexity index is 1380. The van der Waals surface area contributed by atoms with E-state index in [1.54, 1.807) is 48.5 Å². The molecule has 0 saturated heterocycles. The number of ether oxygens (including phenoxy) is 2. The number of halogens is 2. The van der Waals surface area contributed by atoms with Crippen LogP contribution in [-0.4, -0.2) is 6.03 Å². The normalized spacial score (nSPS) is 10.0. The smallest absolute Gasteiger partial charge is 0.323 e. The van der Waals surface area contributed by atoms with Crippen molar-refractivity contribution in [1.82, 2.24) is 0 Å². The van der Waals surface area contributed by atoms with E-state index in [0.29, 0.717) is 22.7 Å². The minimum atomic E-state index is -0.887. The highest BCUT2D eigenvalue weighted by atomic mass is 19.1. The highest BCUT2D eigenvalue weighted by molar-refractivity contribution is 6.00. The number of hydrogen-bond donors (Lipinski definition) is 2. The Hall–Kier alpha value is -5.41. The minimum Gasteiger partial charge on any atom is -0.457 e. The summed E-state index contributed by atoms with van der Waals surface area (Å²) in [6, 6.07) is 21.3. The van der Waals surface area contributed by atoms with Crippen LogP contribution < -0.4 is 20.1 Å². The molecule has 0 aliphatic heterocycles. The molecule has 4 aromatic rings. The van der Waals surface area contributed by atoms with Gasteiger partial charge in [-0.2, -0.15) is 5.26 Å². The third-order valence-corrected chi connectivity index (χ3v) is 4.79. The highest BCUT2D eigenvalue weighted by Crippen LogP contribution is 2.29. The first-order valence-corrected chi connectivity index (χ1v) is 10.4. The van der Waals surface area contributed by atoms with Gasteiger partial charge in [0.1, 0.15) is 34.6 Å². The first-order valence-electron chi connectivity index (χ1n) is 10.4. The lowest BCUT2D eigenvalue weighted by Gasteiger charge is -2.12. The predicted octanol–water partition coefficient (Wildman–Crippen LogP) is 7.62. The van der Waals surface area contributed by atoms with Crippen LogP contribution in [0.2, 0.25) is 0 Å². The average molecular weight is 482 g/mol. The van der Waals surface area contributed by atoms with E-state index >= 15 is 0 Å². The Balaban J connectivity index is 1.44. The second-order valence-electron chi connectivity index (χ2n) is 7.31. The van der Waals surface area contributed by atoms with Gasteiger partial charge in [-0.3, -0.25) is 0 Å². The quantitative estimate of drug-likeness (QED) is 0.277. The van der Waals surface area contributed by atoms with Gasteiger partial charge in [-0.1, -0.05) is 12.1 Å². The molecule has 0 unspecified atom stereocenters. The molecule has 0 aromatic heterocycles. The van der Waals surface area contributed by atoms with Gasteiger partial charge >= 0.3 is 6.03 Å². The zero-order valence-electron chi connectivity index (χ0n) is 18.5. The predicted molar refractivity (Wildman–Crippen MR) is 129 cm³/mol. The number of amides is 2. The molecule has 0 saturated carbocycles. The maximum absolute atomic E-state index is 14.3. The molecule has 0 spiro atoms. The Kier molecular flexibility index (Phi) is 7.04. The SMILES string of the molecule is [C-]#[N+]c1ccc(Oc2ccc(F)c(NC(=O)Nc3cc(Oc4ccc(C#N)cc4)ccc3F)c2)cc1. The van der Waals surface area contributed by atoms with E-state index in [4.69, 9.17) is 21.3 Å². The van der Waals surface area contributed by atoms with Crippen LogP contribution in [-0.2, 0) is 0 Å². The van der Waals surface area contributed by atoms with Crippen LogP contribution in [0.15, 0.2) is 84.9 Å². The summed E-state index contributed by atoms with van der Waals surface area (Å²) in [5.41, 5.74) is 0.527. The van der Waals surface area contributed by atoms with Gasteiger partial charge in [0, 0.05) is 12.1 Å². The topological polar surface area (TPSA) is 87.7 Å². The third kappa shape index (κ3) is 5.93. The number of carbonyl (C=O) groups is 1. The van der Waals surface area contributed by atoms with Gasteiger partial charge in [0.2, 0.25) is 0 Å².